The van der Waals surface area contributed by atoms with Gasteiger partial charge in [-0.15, -0.1) is 0 Å². The van der Waals surface area contributed by atoms with E-state index in [4.69, 9.17) is 21.5 Å². The van der Waals surface area contributed by atoms with Crippen LogP contribution in [0, 0.1) is 16.7 Å². The van der Waals surface area contributed by atoms with Gasteiger partial charge in [0.25, 0.3) is 0 Å². The van der Waals surface area contributed by atoms with Gasteiger partial charge in [-0.05, 0) is 30.7 Å². The van der Waals surface area contributed by atoms with Crippen molar-refractivity contribution >= 4 is 29.3 Å². The first-order valence-electron chi connectivity index (χ1n) is 9.63. The monoisotopic (exact) mass is 416 g/mol. The summed E-state index contributed by atoms with van der Waals surface area (Å²) < 4.78 is 0. The summed E-state index contributed by atoms with van der Waals surface area (Å²) >= 11 is 0. The Bertz CT molecular complexity index is 787. The molecule has 0 aliphatic heterocycles. The van der Waals surface area contributed by atoms with E-state index in [-0.39, 0.29) is 43.3 Å². The number of anilines is 1. The van der Waals surface area contributed by atoms with Gasteiger partial charge in [0.05, 0.1) is 25.1 Å². The number of nitriles is 1. The smallest absolute Gasteiger partial charge is 0.304 e. The summed E-state index contributed by atoms with van der Waals surface area (Å²) in [6, 6.07) is 7.82. The number of benzene rings is 1. The maximum atomic E-state index is 12.2. The number of carbonyl (C=O) groups excluding carboxylic acids is 2. The SMILES string of the molecule is CCC[C@@H](NC(=O)CCC(=O)Nc1ccc(C(=N)N)cc1)NC(CC#N)CC(=O)O. The zero-order chi connectivity index (χ0) is 22.5. The molecule has 10 heteroatoms. The van der Waals surface area contributed by atoms with Crippen LogP contribution in [0.5, 0.6) is 0 Å². The first kappa shape index (κ1) is 24.6. The van der Waals surface area contributed by atoms with Crippen LogP contribution in [0.2, 0.25) is 0 Å². The van der Waals surface area contributed by atoms with Crippen LogP contribution in [-0.4, -0.2) is 40.9 Å². The standard InChI is InChI=1S/C20H28N6O4/c1-2-3-16(24-15(10-11-21)12-19(29)30)26-18(28)9-8-17(27)25-14-6-4-13(5-7-14)20(22)23/h4-7,15-16,24H,2-3,8-10,12H2,1H3,(H3,22,23)(H,25,27)(H,26,28)(H,29,30)/t15?,16-/m1/s1. The van der Waals surface area contributed by atoms with Crippen LogP contribution in [0.25, 0.3) is 0 Å². The van der Waals surface area contributed by atoms with E-state index in [0.717, 1.165) is 6.42 Å². The van der Waals surface area contributed by atoms with Crippen LogP contribution in [-0.2, 0) is 14.4 Å². The molecule has 2 atom stereocenters. The fourth-order valence-corrected chi connectivity index (χ4v) is 2.73. The lowest BCUT2D eigenvalue weighted by Crippen LogP contribution is -2.50. The topological polar surface area (TPSA) is 181 Å². The molecule has 0 bridgehead atoms. The highest BCUT2D eigenvalue weighted by Gasteiger charge is 2.19. The number of amides is 2. The molecule has 162 valence electrons. The number of amidine groups is 1. The van der Waals surface area contributed by atoms with E-state index in [9.17, 15) is 14.4 Å². The van der Waals surface area contributed by atoms with Crippen molar-refractivity contribution < 1.29 is 19.5 Å². The fraction of sp³-hybridized carbons (Fsp3) is 0.450. The van der Waals surface area contributed by atoms with Crippen LogP contribution >= 0.6 is 0 Å². The van der Waals surface area contributed by atoms with Gasteiger partial charge in [0.1, 0.15) is 5.84 Å². The molecule has 0 heterocycles. The van der Waals surface area contributed by atoms with Gasteiger partial charge in [0.15, 0.2) is 0 Å². The molecule has 0 aliphatic carbocycles. The van der Waals surface area contributed by atoms with Gasteiger partial charge < -0.3 is 21.5 Å². The van der Waals surface area contributed by atoms with Crippen molar-refractivity contribution in [3.63, 3.8) is 0 Å². The first-order valence-corrected chi connectivity index (χ1v) is 9.63. The van der Waals surface area contributed by atoms with Crippen molar-refractivity contribution in [3.8, 4) is 6.07 Å². The van der Waals surface area contributed by atoms with Crippen molar-refractivity contribution in [2.45, 2.75) is 57.7 Å². The lowest BCUT2D eigenvalue weighted by molar-refractivity contribution is -0.137. The molecule has 2 amide bonds. The Morgan fingerprint density at radius 1 is 1.20 bits per heavy atom. The first-order chi connectivity index (χ1) is 14.2. The summed E-state index contributed by atoms with van der Waals surface area (Å²) in [5.74, 6) is -1.79. The molecule has 0 aromatic heterocycles. The van der Waals surface area contributed by atoms with E-state index >= 15 is 0 Å². The largest absolute Gasteiger partial charge is 0.481 e. The summed E-state index contributed by atoms with van der Waals surface area (Å²) in [6.45, 7) is 1.92. The van der Waals surface area contributed by atoms with Crippen LogP contribution in [0.4, 0.5) is 5.69 Å². The molecule has 0 saturated heterocycles. The predicted octanol–water partition coefficient (Wildman–Crippen LogP) is 1.28. The molecule has 10 nitrogen and oxygen atoms in total. The Hall–Kier alpha value is -3.45. The highest BCUT2D eigenvalue weighted by molar-refractivity contribution is 5.96. The van der Waals surface area contributed by atoms with Crippen LogP contribution in [0.15, 0.2) is 24.3 Å². The van der Waals surface area contributed by atoms with Crippen LogP contribution in [0.3, 0.4) is 0 Å². The lowest BCUT2D eigenvalue weighted by atomic mass is 10.1. The van der Waals surface area contributed by atoms with Crippen molar-refractivity contribution in [2.24, 2.45) is 5.73 Å². The molecule has 0 spiro atoms. The molecule has 1 aromatic carbocycles. The number of hydrogen-bond donors (Lipinski definition) is 6. The number of hydrogen-bond acceptors (Lipinski definition) is 6. The Kier molecular flexibility index (Phi) is 10.6. The summed E-state index contributed by atoms with van der Waals surface area (Å²) in [5.41, 5.74) is 6.45. The van der Waals surface area contributed by atoms with Crippen molar-refractivity contribution in [3.05, 3.63) is 29.8 Å². The molecule has 1 unspecified atom stereocenters. The number of nitrogens with two attached hydrogens (primary N) is 1. The molecule has 30 heavy (non-hydrogen) atoms. The second kappa shape index (κ2) is 12.9. The lowest BCUT2D eigenvalue weighted by Gasteiger charge is -2.24. The van der Waals surface area contributed by atoms with Crippen molar-refractivity contribution in [1.82, 2.24) is 10.6 Å². The Balaban J connectivity index is 2.52. The van der Waals surface area contributed by atoms with Crippen LogP contribution < -0.4 is 21.7 Å². The third kappa shape index (κ3) is 9.66. The number of nitrogens with zero attached hydrogens (tertiary/aromatic N) is 1. The maximum absolute atomic E-state index is 12.2. The zero-order valence-corrected chi connectivity index (χ0v) is 16.9. The molecule has 0 radical (unpaired) electrons. The molecule has 1 aromatic rings. The number of carboxylic acids is 1. The summed E-state index contributed by atoms with van der Waals surface area (Å²) in [7, 11) is 0. The van der Waals surface area contributed by atoms with E-state index < -0.39 is 18.2 Å². The van der Waals surface area contributed by atoms with Crippen LogP contribution in [0.1, 0.15) is 51.0 Å². The van der Waals surface area contributed by atoms with Crippen molar-refractivity contribution in [1.29, 1.82) is 10.7 Å². The zero-order valence-electron chi connectivity index (χ0n) is 16.9. The van der Waals surface area contributed by atoms with Gasteiger partial charge in [-0.25, -0.2) is 0 Å². The minimum absolute atomic E-state index is 0.00715. The molecular weight excluding hydrogens is 388 g/mol. The summed E-state index contributed by atoms with van der Waals surface area (Å²) in [5, 5.41) is 33.5. The maximum Gasteiger partial charge on any atom is 0.304 e. The van der Waals surface area contributed by atoms with Crippen molar-refractivity contribution in [2.75, 3.05) is 5.32 Å². The summed E-state index contributed by atoms with van der Waals surface area (Å²) in [6.07, 6.45) is 0.518. The molecule has 0 saturated carbocycles. The number of nitrogens with one attached hydrogen (secondary N) is 4. The summed E-state index contributed by atoms with van der Waals surface area (Å²) in [4.78, 5) is 35.2. The predicted molar refractivity (Wildman–Crippen MR) is 112 cm³/mol. The minimum atomic E-state index is -1.03. The van der Waals surface area contributed by atoms with E-state index in [1.807, 2.05) is 13.0 Å². The Morgan fingerprint density at radius 3 is 2.37 bits per heavy atom. The third-order valence-electron chi connectivity index (χ3n) is 4.17. The van der Waals surface area contributed by atoms with Gasteiger partial charge in [0.2, 0.25) is 11.8 Å². The highest BCUT2D eigenvalue weighted by Crippen LogP contribution is 2.10. The number of carboxylic acid groups (broad SMARTS) is 1. The van der Waals surface area contributed by atoms with Gasteiger partial charge in [-0.3, -0.25) is 25.1 Å². The van der Waals surface area contributed by atoms with E-state index in [1.54, 1.807) is 24.3 Å². The second-order valence-corrected chi connectivity index (χ2v) is 6.77. The van der Waals surface area contributed by atoms with Gasteiger partial charge in [-0.2, -0.15) is 5.26 Å². The third-order valence-corrected chi connectivity index (χ3v) is 4.17. The number of rotatable bonds is 13. The molecule has 0 fully saturated rings. The molecule has 0 aliphatic rings. The highest BCUT2D eigenvalue weighted by atomic mass is 16.4. The number of nitrogen functional groups attached to an aromatic ring is 1. The second-order valence-electron chi connectivity index (χ2n) is 6.77. The van der Waals surface area contributed by atoms with E-state index in [1.165, 1.54) is 0 Å². The minimum Gasteiger partial charge on any atom is -0.481 e. The average Bonchev–Trinajstić information content (AvgIpc) is 2.66. The molecular formula is C20H28N6O4. The number of aliphatic carboxylic acids is 1. The fourth-order valence-electron chi connectivity index (χ4n) is 2.73. The normalized spacial score (nSPS) is 12.3. The van der Waals surface area contributed by atoms with Gasteiger partial charge in [-0.1, -0.05) is 13.3 Å². The Labute approximate surface area is 175 Å². The van der Waals surface area contributed by atoms with E-state index in [2.05, 4.69) is 16.0 Å². The molecule has 7 N–H and O–H groups in total. The molecule has 1 rings (SSSR count). The quantitative estimate of drug-likeness (QED) is 0.159. The Morgan fingerprint density at radius 2 is 1.83 bits per heavy atom. The van der Waals surface area contributed by atoms with Gasteiger partial charge >= 0.3 is 5.97 Å². The van der Waals surface area contributed by atoms with Gasteiger partial charge in [0, 0.05) is 30.1 Å². The van der Waals surface area contributed by atoms with E-state index in [0.29, 0.717) is 17.7 Å². The average molecular weight is 416 g/mol. The number of carbonyl (C=O) groups is 3.